The van der Waals surface area contributed by atoms with Crippen LogP contribution in [-0.4, -0.2) is 27.5 Å². The third-order valence-corrected chi connectivity index (χ3v) is 5.44. The van der Waals surface area contributed by atoms with E-state index in [1.807, 2.05) is 30.3 Å². The Kier molecular flexibility index (Phi) is 5.91. The Morgan fingerprint density at radius 1 is 1.06 bits per heavy atom. The molecule has 0 radical (unpaired) electrons. The Morgan fingerprint density at radius 2 is 1.84 bits per heavy atom. The van der Waals surface area contributed by atoms with Crippen LogP contribution >= 0.6 is 11.6 Å². The summed E-state index contributed by atoms with van der Waals surface area (Å²) in [6.07, 6.45) is 0.836. The van der Waals surface area contributed by atoms with Gasteiger partial charge in [0.1, 0.15) is 5.15 Å². The number of aromatic nitrogens is 2. The van der Waals surface area contributed by atoms with Gasteiger partial charge in [-0.15, -0.1) is 0 Å². The van der Waals surface area contributed by atoms with Gasteiger partial charge in [0.05, 0.1) is 5.56 Å². The summed E-state index contributed by atoms with van der Waals surface area (Å²) in [5, 5.41) is 5.26. The summed E-state index contributed by atoms with van der Waals surface area (Å²) in [5.41, 5.74) is 3.16. The first-order valence-corrected chi connectivity index (χ1v) is 10.5. The molecule has 0 aliphatic heterocycles. The topological polar surface area (TPSA) is 73.2 Å². The smallest absolute Gasteiger partial charge is 0.339 e. The Bertz CT molecular complexity index is 1280. The van der Waals surface area contributed by atoms with Crippen LogP contribution in [-0.2, 0) is 16.1 Å². The van der Waals surface area contributed by atoms with Crippen LogP contribution in [0, 0.1) is 0 Å². The monoisotopic (exact) mass is 435 g/mol. The second-order valence-electron chi connectivity index (χ2n) is 7.15. The van der Waals surface area contributed by atoms with Crippen LogP contribution in [0.4, 0.5) is 5.69 Å². The number of aryl methyl sites for hydroxylation is 1. The first kappa shape index (κ1) is 20.9. The highest BCUT2D eigenvalue weighted by Crippen LogP contribution is 2.31. The van der Waals surface area contributed by atoms with Gasteiger partial charge in [0.25, 0.3) is 5.91 Å². The molecule has 0 bridgehead atoms. The molecule has 4 aromatic rings. The molecular formula is C24H22ClN3O3. The zero-order chi connectivity index (χ0) is 22.0. The van der Waals surface area contributed by atoms with Crippen molar-refractivity contribution in [1.29, 1.82) is 0 Å². The summed E-state index contributed by atoms with van der Waals surface area (Å²) in [6.45, 7) is 4.75. The molecule has 0 spiro atoms. The third-order valence-electron chi connectivity index (χ3n) is 5.23. The van der Waals surface area contributed by atoms with Gasteiger partial charge in [-0.2, -0.15) is 0 Å². The van der Waals surface area contributed by atoms with Crippen molar-refractivity contribution in [3.63, 3.8) is 0 Å². The van der Waals surface area contributed by atoms with Crippen LogP contribution in [0.15, 0.2) is 60.8 Å². The Morgan fingerprint density at radius 3 is 2.58 bits per heavy atom. The predicted octanol–water partition coefficient (Wildman–Crippen LogP) is 5.44. The second kappa shape index (κ2) is 8.78. The number of amides is 1. The molecule has 0 saturated carbocycles. The summed E-state index contributed by atoms with van der Waals surface area (Å²) < 4.78 is 7.66. The zero-order valence-corrected chi connectivity index (χ0v) is 18.0. The molecule has 2 heterocycles. The summed E-state index contributed by atoms with van der Waals surface area (Å²) >= 11 is 5.83. The Hall–Kier alpha value is -3.38. The lowest BCUT2D eigenvalue weighted by atomic mass is 10.1. The number of carbonyl (C=O) groups excluding carboxylic acids is 2. The van der Waals surface area contributed by atoms with E-state index in [9.17, 15) is 9.59 Å². The van der Waals surface area contributed by atoms with Crippen molar-refractivity contribution in [3.8, 4) is 0 Å². The van der Waals surface area contributed by atoms with Crippen molar-refractivity contribution in [1.82, 2.24) is 9.55 Å². The van der Waals surface area contributed by atoms with Gasteiger partial charge in [-0.25, -0.2) is 9.78 Å². The maximum Gasteiger partial charge on any atom is 0.339 e. The quantitative estimate of drug-likeness (QED) is 0.323. The SMILES string of the molecule is CCC(OC(=O)c1ccnc(Cl)c1)C(=O)Nc1ccc2c(c1)c1ccccc1n2CC. The van der Waals surface area contributed by atoms with Crippen LogP contribution in [0.1, 0.15) is 30.6 Å². The van der Waals surface area contributed by atoms with Crippen LogP contribution in [0.25, 0.3) is 21.8 Å². The molecule has 2 aromatic heterocycles. The highest BCUT2D eigenvalue weighted by molar-refractivity contribution is 6.29. The lowest BCUT2D eigenvalue weighted by molar-refractivity contribution is -0.124. The largest absolute Gasteiger partial charge is 0.449 e. The van der Waals surface area contributed by atoms with Crippen molar-refractivity contribution >= 4 is 51.0 Å². The number of pyridine rings is 1. The molecule has 0 aliphatic rings. The first-order valence-electron chi connectivity index (χ1n) is 10.2. The molecule has 1 N–H and O–H groups in total. The van der Waals surface area contributed by atoms with Crippen molar-refractivity contribution in [3.05, 3.63) is 71.5 Å². The number of nitrogens with one attached hydrogen (secondary N) is 1. The summed E-state index contributed by atoms with van der Waals surface area (Å²) in [7, 11) is 0. The summed E-state index contributed by atoms with van der Waals surface area (Å²) in [6, 6.07) is 16.9. The maximum atomic E-state index is 12.8. The number of ether oxygens (including phenoxy) is 1. The average molecular weight is 436 g/mol. The number of esters is 1. The van der Waals surface area contributed by atoms with Gasteiger partial charge in [-0.05, 0) is 49.7 Å². The minimum Gasteiger partial charge on any atom is -0.449 e. The lowest BCUT2D eigenvalue weighted by Crippen LogP contribution is -2.32. The minimum absolute atomic E-state index is 0.187. The van der Waals surface area contributed by atoms with E-state index in [0.717, 1.165) is 28.4 Å². The molecule has 4 rings (SSSR count). The van der Waals surface area contributed by atoms with Gasteiger partial charge >= 0.3 is 5.97 Å². The molecule has 7 heteroatoms. The number of carbonyl (C=O) groups is 2. The molecule has 2 aromatic carbocycles. The van der Waals surface area contributed by atoms with E-state index in [4.69, 9.17) is 16.3 Å². The van der Waals surface area contributed by atoms with E-state index < -0.39 is 12.1 Å². The number of benzene rings is 2. The van der Waals surface area contributed by atoms with Crippen LogP contribution in [0.2, 0.25) is 5.15 Å². The van der Waals surface area contributed by atoms with Crippen LogP contribution in [0.5, 0.6) is 0 Å². The van der Waals surface area contributed by atoms with Gasteiger partial charge in [0.2, 0.25) is 0 Å². The van der Waals surface area contributed by atoms with E-state index in [1.54, 1.807) is 6.92 Å². The van der Waals surface area contributed by atoms with Gasteiger partial charge < -0.3 is 14.6 Å². The predicted molar refractivity (Wildman–Crippen MR) is 122 cm³/mol. The van der Waals surface area contributed by atoms with E-state index in [2.05, 4.69) is 33.9 Å². The molecule has 0 aliphatic carbocycles. The molecular weight excluding hydrogens is 414 g/mol. The van der Waals surface area contributed by atoms with Crippen molar-refractivity contribution < 1.29 is 14.3 Å². The highest BCUT2D eigenvalue weighted by Gasteiger charge is 2.23. The summed E-state index contributed by atoms with van der Waals surface area (Å²) in [4.78, 5) is 29.0. The number of para-hydroxylation sites is 1. The lowest BCUT2D eigenvalue weighted by Gasteiger charge is -2.16. The van der Waals surface area contributed by atoms with E-state index in [1.165, 1.54) is 18.3 Å². The second-order valence-corrected chi connectivity index (χ2v) is 7.54. The molecule has 6 nitrogen and oxygen atoms in total. The maximum absolute atomic E-state index is 12.8. The Balaban J connectivity index is 1.56. The fraction of sp³-hybridized carbons (Fsp3) is 0.208. The van der Waals surface area contributed by atoms with Crippen molar-refractivity contribution in [2.75, 3.05) is 5.32 Å². The molecule has 0 saturated heterocycles. The standard InChI is InChI=1S/C24H22ClN3O3/c1-3-21(31-24(30)15-11-12-26-22(25)13-15)23(29)27-16-9-10-20-18(14-16)17-7-5-6-8-19(17)28(20)4-2/h5-14,21H,3-4H2,1-2H3,(H,27,29). The number of hydrogen-bond acceptors (Lipinski definition) is 4. The number of nitrogens with zero attached hydrogens (tertiary/aromatic N) is 2. The van der Waals surface area contributed by atoms with E-state index in [-0.39, 0.29) is 16.6 Å². The number of halogens is 1. The average Bonchev–Trinajstić information content (AvgIpc) is 3.10. The molecule has 1 unspecified atom stereocenters. The molecule has 31 heavy (non-hydrogen) atoms. The first-order chi connectivity index (χ1) is 15.0. The molecule has 1 amide bonds. The van der Waals surface area contributed by atoms with Gasteiger partial charge in [0.15, 0.2) is 6.10 Å². The van der Waals surface area contributed by atoms with Crippen molar-refractivity contribution in [2.24, 2.45) is 0 Å². The van der Waals surface area contributed by atoms with E-state index in [0.29, 0.717) is 12.1 Å². The summed E-state index contributed by atoms with van der Waals surface area (Å²) in [5.74, 6) is -0.998. The van der Waals surface area contributed by atoms with Gasteiger partial charge in [-0.1, -0.05) is 36.7 Å². The van der Waals surface area contributed by atoms with Crippen LogP contribution < -0.4 is 5.32 Å². The van der Waals surface area contributed by atoms with Gasteiger partial charge in [-0.3, -0.25) is 4.79 Å². The van der Waals surface area contributed by atoms with E-state index >= 15 is 0 Å². The molecule has 1 atom stereocenters. The van der Waals surface area contributed by atoms with Gasteiger partial charge in [0, 0.05) is 40.2 Å². The minimum atomic E-state index is -0.924. The fourth-order valence-electron chi connectivity index (χ4n) is 3.74. The molecule has 0 fully saturated rings. The fourth-order valence-corrected chi connectivity index (χ4v) is 3.92. The number of fused-ring (bicyclic) bond motifs is 3. The molecule has 158 valence electrons. The number of anilines is 1. The van der Waals surface area contributed by atoms with Crippen LogP contribution in [0.3, 0.4) is 0 Å². The zero-order valence-electron chi connectivity index (χ0n) is 17.3. The Labute approximate surface area is 184 Å². The normalized spacial score (nSPS) is 12.1. The third kappa shape index (κ3) is 4.11. The highest BCUT2D eigenvalue weighted by atomic mass is 35.5. The van der Waals surface area contributed by atoms with Crippen molar-refractivity contribution in [2.45, 2.75) is 32.9 Å². The number of rotatable bonds is 6. The number of hydrogen-bond donors (Lipinski definition) is 1.